The lowest BCUT2D eigenvalue weighted by atomic mass is 9.97. The predicted octanol–water partition coefficient (Wildman–Crippen LogP) is 2.60. The van der Waals surface area contributed by atoms with E-state index in [9.17, 15) is 5.11 Å². The van der Waals surface area contributed by atoms with Crippen molar-refractivity contribution in [3.05, 3.63) is 64.2 Å². The van der Waals surface area contributed by atoms with Gasteiger partial charge in [0.05, 0.1) is 26.0 Å². The van der Waals surface area contributed by atoms with Crippen LogP contribution in [0.4, 0.5) is 0 Å². The Balaban J connectivity index is 1.87. The second kappa shape index (κ2) is 10.2. The molecule has 0 unspecified atom stereocenters. The third kappa shape index (κ3) is 4.91. The van der Waals surface area contributed by atoms with Gasteiger partial charge in [-0.05, 0) is 47.6 Å². The summed E-state index contributed by atoms with van der Waals surface area (Å²) >= 11 is 0. The second-order valence-corrected chi connectivity index (χ2v) is 8.40. The molecule has 1 aromatic carbocycles. The van der Waals surface area contributed by atoms with E-state index in [4.69, 9.17) is 14.8 Å². The Kier molecular flexibility index (Phi) is 7.20. The molecule has 0 aliphatic carbocycles. The molecule has 0 bridgehead atoms. The number of aromatic nitrogens is 2. The van der Waals surface area contributed by atoms with Gasteiger partial charge in [0.2, 0.25) is 0 Å². The summed E-state index contributed by atoms with van der Waals surface area (Å²) in [6.07, 6.45) is 8.36. The van der Waals surface area contributed by atoms with Crippen LogP contribution in [0.15, 0.2) is 47.4 Å². The number of ether oxygens (including phenoxy) is 1. The highest BCUT2D eigenvalue weighted by Gasteiger charge is 2.18. The fourth-order valence-electron chi connectivity index (χ4n) is 4.42. The Hall–Kier alpha value is -2.44. The van der Waals surface area contributed by atoms with Crippen LogP contribution in [0.25, 0.3) is 5.57 Å². The lowest BCUT2D eigenvalue weighted by Crippen LogP contribution is -2.39. The number of aliphatic hydroxyl groups excluding tert-OH is 1. The Labute approximate surface area is 184 Å². The number of nitrogens with zero attached hydrogens (tertiary/aromatic N) is 4. The standard InChI is InChI=1S/C25H34N4O2/c1-3-19(4-2)17-29-25-23(16-26-29)22(21-8-5-7-20(15-21)18-30)9-6-10-24(27-25)28-11-13-31-14-12-28/h5,7-8,10,15-16,19,30H,3-4,6,9,11-14,17-18H2,1-2H3/b23-22-,24-10+,27-25-. The van der Waals surface area contributed by atoms with Gasteiger partial charge in [-0.1, -0.05) is 44.9 Å². The first kappa shape index (κ1) is 21.8. The van der Waals surface area contributed by atoms with E-state index in [2.05, 4.69) is 41.6 Å². The molecule has 6 heteroatoms. The summed E-state index contributed by atoms with van der Waals surface area (Å²) in [5.74, 6) is 1.63. The summed E-state index contributed by atoms with van der Waals surface area (Å²) in [5.41, 5.74) is 4.28. The van der Waals surface area contributed by atoms with Crippen LogP contribution in [0, 0.1) is 5.92 Å². The number of morpholine rings is 1. The average molecular weight is 423 g/mol. The lowest BCUT2D eigenvalue weighted by molar-refractivity contribution is 0.0526. The zero-order valence-electron chi connectivity index (χ0n) is 18.8. The molecule has 0 radical (unpaired) electrons. The molecule has 1 N–H and O–H groups in total. The van der Waals surface area contributed by atoms with Crippen molar-refractivity contribution < 1.29 is 9.84 Å². The van der Waals surface area contributed by atoms with Crippen LogP contribution in [0.2, 0.25) is 0 Å². The van der Waals surface area contributed by atoms with Crippen LogP contribution in [0.5, 0.6) is 0 Å². The fourth-order valence-corrected chi connectivity index (χ4v) is 4.42. The average Bonchev–Trinajstić information content (AvgIpc) is 3.18. The van der Waals surface area contributed by atoms with Crippen LogP contribution in [-0.4, -0.2) is 46.1 Å². The van der Waals surface area contributed by atoms with Gasteiger partial charge in [0.15, 0.2) is 5.49 Å². The largest absolute Gasteiger partial charge is 0.392 e. The molecule has 0 spiro atoms. The molecule has 0 amide bonds. The number of allylic oxidation sites excluding steroid dienone is 1. The first-order chi connectivity index (χ1) is 15.2. The summed E-state index contributed by atoms with van der Waals surface area (Å²) in [6.45, 7) is 8.67. The Bertz CT molecular complexity index is 1030. The Morgan fingerprint density at radius 1 is 1.16 bits per heavy atom. The van der Waals surface area contributed by atoms with E-state index in [0.717, 1.165) is 86.2 Å². The minimum absolute atomic E-state index is 0.0490. The fraction of sp³-hybridized carbons (Fsp3) is 0.520. The molecule has 0 saturated carbocycles. The van der Waals surface area contributed by atoms with Gasteiger partial charge in [0.25, 0.3) is 0 Å². The lowest BCUT2D eigenvalue weighted by Gasteiger charge is -2.29. The molecular formula is C25H34N4O2. The second-order valence-electron chi connectivity index (χ2n) is 8.40. The van der Waals surface area contributed by atoms with Crippen molar-refractivity contribution in [1.29, 1.82) is 0 Å². The van der Waals surface area contributed by atoms with E-state index in [1.54, 1.807) is 0 Å². The molecule has 2 aliphatic rings. The minimum atomic E-state index is 0.0490. The van der Waals surface area contributed by atoms with Gasteiger partial charge >= 0.3 is 0 Å². The molecule has 0 atom stereocenters. The van der Waals surface area contributed by atoms with E-state index in [-0.39, 0.29) is 6.61 Å². The maximum Gasteiger partial charge on any atom is 0.160 e. The highest BCUT2D eigenvalue weighted by Crippen LogP contribution is 2.21. The normalized spacial score (nSPS) is 21.6. The number of benzene rings is 1. The SMILES string of the molecule is CCC(CC)Cn1ncc2/c1=N/C(N1CCOCC1)=C\CC/C=2c1cccc(CO)c1. The van der Waals surface area contributed by atoms with Gasteiger partial charge < -0.3 is 14.7 Å². The molecule has 31 heavy (non-hydrogen) atoms. The maximum absolute atomic E-state index is 9.62. The van der Waals surface area contributed by atoms with Gasteiger partial charge in [-0.3, -0.25) is 0 Å². The molecule has 2 aromatic rings. The van der Waals surface area contributed by atoms with E-state index < -0.39 is 0 Å². The van der Waals surface area contributed by atoms with E-state index >= 15 is 0 Å². The van der Waals surface area contributed by atoms with E-state index in [0.29, 0.717) is 5.92 Å². The summed E-state index contributed by atoms with van der Waals surface area (Å²) in [5, 5.41) is 15.5. The van der Waals surface area contributed by atoms with E-state index in [1.807, 2.05) is 18.3 Å². The zero-order valence-corrected chi connectivity index (χ0v) is 18.8. The summed E-state index contributed by atoms with van der Waals surface area (Å²) in [4.78, 5) is 7.52. The first-order valence-corrected chi connectivity index (χ1v) is 11.6. The van der Waals surface area contributed by atoms with E-state index in [1.165, 1.54) is 5.57 Å². The quantitative estimate of drug-likeness (QED) is 0.745. The van der Waals surface area contributed by atoms with Crippen molar-refractivity contribution >= 4 is 5.57 Å². The molecule has 1 saturated heterocycles. The van der Waals surface area contributed by atoms with Crippen LogP contribution in [-0.2, 0) is 17.9 Å². The molecule has 6 nitrogen and oxygen atoms in total. The summed E-state index contributed by atoms with van der Waals surface area (Å²) < 4.78 is 7.65. The van der Waals surface area contributed by atoms with Crippen LogP contribution >= 0.6 is 0 Å². The summed E-state index contributed by atoms with van der Waals surface area (Å²) in [6, 6.07) is 8.20. The van der Waals surface area contributed by atoms with Crippen LogP contribution in [0.1, 0.15) is 50.7 Å². The first-order valence-electron chi connectivity index (χ1n) is 11.6. The zero-order chi connectivity index (χ0) is 21.6. The van der Waals surface area contributed by atoms with Crippen molar-refractivity contribution in [3.63, 3.8) is 0 Å². The molecule has 1 fully saturated rings. The smallest absolute Gasteiger partial charge is 0.160 e. The minimum Gasteiger partial charge on any atom is -0.392 e. The summed E-state index contributed by atoms with van der Waals surface area (Å²) in [7, 11) is 0. The molecule has 2 aliphatic heterocycles. The van der Waals surface area contributed by atoms with Crippen molar-refractivity contribution in [2.45, 2.75) is 52.7 Å². The van der Waals surface area contributed by atoms with Gasteiger partial charge in [-0.25, -0.2) is 9.67 Å². The van der Waals surface area contributed by atoms with Crippen molar-refractivity contribution in [2.75, 3.05) is 26.3 Å². The van der Waals surface area contributed by atoms with Crippen molar-refractivity contribution in [1.82, 2.24) is 14.7 Å². The number of rotatable bonds is 7. The molecule has 3 heterocycles. The number of fused-ring (bicyclic) bond motifs is 1. The number of aliphatic hydroxyl groups is 1. The molecule has 4 rings (SSSR count). The van der Waals surface area contributed by atoms with Gasteiger partial charge in [-0.15, -0.1) is 0 Å². The molecular weight excluding hydrogens is 388 g/mol. The number of hydrogen-bond donors (Lipinski definition) is 1. The topological polar surface area (TPSA) is 62.9 Å². The third-order valence-electron chi connectivity index (χ3n) is 6.46. The molecule has 1 aromatic heterocycles. The van der Waals surface area contributed by atoms with Crippen molar-refractivity contribution in [3.8, 4) is 0 Å². The van der Waals surface area contributed by atoms with Gasteiger partial charge in [-0.2, -0.15) is 5.10 Å². The Morgan fingerprint density at radius 3 is 2.71 bits per heavy atom. The van der Waals surface area contributed by atoms with Crippen molar-refractivity contribution in [2.24, 2.45) is 10.9 Å². The van der Waals surface area contributed by atoms with Crippen LogP contribution in [0.3, 0.4) is 0 Å². The molecule has 166 valence electrons. The van der Waals surface area contributed by atoms with Crippen LogP contribution < -0.4 is 10.7 Å². The highest BCUT2D eigenvalue weighted by molar-refractivity contribution is 5.65. The maximum atomic E-state index is 9.62. The monoisotopic (exact) mass is 422 g/mol. The third-order valence-corrected chi connectivity index (χ3v) is 6.46. The number of hydrogen-bond acceptors (Lipinski definition) is 5. The highest BCUT2D eigenvalue weighted by atomic mass is 16.5. The van der Waals surface area contributed by atoms with Gasteiger partial charge in [0.1, 0.15) is 5.82 Å². The predicted molar refractivity (Wildman–Crippen MR) is 122 cm³/mol. The Morgan fingerprint density at radius 2 is 1.97 bits per heavy atom. The van der Waals surface area contributed by atoms with Gasteiger partial charge in [0, 0.05) is 24.9 Å².